The van der Waals surface area contributed by atoms with Gasteiger partial charge >= 0.3 is 0 Å². The Labute approximate surface area is 259 Å². The van der Waals surface area contributed by atoms with Crippen molar-refractivity contribution >= 4 is 29.6 Å². The number of guanidine groups is 1. The Morgan fingerprint density at radius 3 is 2.02 bits per heavy atom. The molecule has 14 N–H and O–H groups in total. The van der Waals surface area contributed by atoms with Gasteiger partial charge in [0.15, 0.2) is 5.96 Å². The molecule has 0 bridgehead atoms. The fourth-order valence-electron chi connectivity index (χ4n) is 5.60. The highest BCUT2D eigenvalue weighted by Gasteiger charge is 2.31. The molecule has 0 heterocycles. The van der Waals surface area contributed by atoms with E-state index in [1.807, 2.05) is 0 Å². The lowest BCUT2D eigenvalue weighted by Gasteiger charge is -2.27. The molecule has 14 nitrogen and oxygen atoms in total. The van der Waals surface area contributed by atoms with Crippen molar-refractivity contribution in [1.29, 1.82) is 0 Å². The first kappa shape index (κ1) is 36.3. The third kappa shape index (κ3) is 12.0. The third-order valence-electron chi connectivity index (χ3n) is 8.06. The molecule has 1 saturated carbocycles. The predicted molar refractivity (Wildman–Crippen MR) is 169 cm³/mol. The van der Waals surface area contributed by atoms with E-state index in [1.54, 1.807) is 26.0 Å². The van der Waals surface area contributed by atoms with Gasteiger partial charge in [-0.3, -0.25) is 24.2 Å². The first-order chi connectivity index (χ1) is 20.8. The molecule has 0 aromatic heterocycles. The summed E-state index contributed by atoms with van der Waals surface area (Å²) in [4.78, 5) is 56.3. The van der Waals surface area contributed by atoms with Crippen LogP contribution < -0.4 is 44.6 Å². The van der Waals surface area contributed by atoms with E-state index < -0.39 is 47.8 Å². The average molecular weight is 618 g/mol. The lowest BCUT2D eigenvalue weighted by molar-refractivity contribution is -0.133. The topological polar surface area (TPSA) is 267 Å². The summed E-state index contributed by atoms with van der Waals surface area (Å²) in [6.07, 6.45) is 5.97. The van der Waals surface area contributed by atoms with Crippen LogP contribution in [0, 0.1) is 19.8 Å². The highest BCUT2D eigenvalue weighted by Crippen LogP contribution is 2.28. The summed E-state index contributed by atoms with van der Waals surface area (Å²) >= 11 is 0. The summed E-state index contributed by atoms with van der Waals surface area (Å²) in [5, 5.41) is 18.2. The maximum absolute atomic E-state index is 13.7. The van der Waals surface area contributed by atoms with Crippen LogP contribution in [0.1, 0.15) is 74.5 Å². The van der Waals surface area contributed by atoms with Crippen LogP contribution in [0.5, 0.6) is 5.75 Å². The molecule has 1 aromatic carbocycles. The van der Waals surface area contributed by atoms with E-state index in [0.29, 0.717) is 31.7 Å². The number of aliphatic imine (C=N–C) groups is 1. The second-order valence-electron chi connectivity index (χ2n) is 11.7. The molecular weight excluding hydrogens is 566 g/mol. The van der Waals surface area contributed by atoms with Crippen LogP contribution in [0.3, 0.4) is 0 Å². The van der Waals surface area contributed by atoms with Gasteiger partial charge in [-0.1, -0.05) is 25.7 Å². The van der Waals surface area contributed by atoms with Crippen molar-refractivity contribution in [3.63, 3.8) is 0 Å². The number of phenols is 1. The Balaban J connectivity index is 2.25. The van der Waals surface area contributed by atoms with Gasteiger partial charge in [-0.25, -0.2) is 0 Å². The van der Waals surface area contributed by atoms with Gasteiger partial charge in [0.25, 0.3) is 0 Å². The summed E-state index contributed by atoms with van der Waals surface area (Å²) in [7, 11) is 0. The van der Waals surface area contributed by atoms with Crippen LogP contribution in [0.2, 0.25) is 0 Å². The summed E-state index contributed by atoms with van der Waals surface area (Å²) in [6.45, 7) is 4.16. The van der Waals surface area contributed by atoms with E-state index >= 15 is 0 Å². The van der Waals surface area contributed by atoms with E-state index in [2.05, 4.69) is 20.9 Å². The second kappa shape index (κ2) is 18.0. The van der Waals surface area contributed by atoms with Crippen LogP contribution in [0.4, 0.5) is 0 Å². The van der Waals surface area contributed by atoms with Gasteiger partial charge < -0.3 is 49.7 Å². The molecule has 0 aliphatic heterocycles. The molecule has 1 aromatic rings. The number of hydrogen-bond acceptors (Lipinski definition) is 8. The summed E-state index contributed by atoms with van der Waals surface area (Å²) in [5.74, 6) is -2.03. The minimum Gasteiger partial charge on any atom is -0.508 e. The molecular formula is C30H51N9O5. The lowest BCUT2D eigenvalue weighted by atomic mass is 9.95. The highest BCUT2D eigenvalue weighted by molar-refractivity contribution is 5.94. The fourth-order valence-corrected chi connectivity index (χ4v) is 5.60. The maximum atomic E-state index is 13.7. The zero-order chi connectivity index (χ0) is 32.8. The van der Waals surface area contributed by atoms with Gasteiger partial charge in [0.2, 0.25) is 23.6 Å². The number of nitrogens with zero attached hydrogens (tertiary/aromatic N) is 1. The van der Waals surface area contributed by atoms with Gasteiger partial charge in [-0.15, -0.1) is 0 Å². The van der Waals surface area contributed by atoms with Crippen LogP contribution in [0.25, 0.3) is 0 Å². The van der Waals surface area contributed by atoms with Gasteiger partial charge in [0.05, 0.1) is 6.04 Å². The van der Waals surface area contributed by atoms with Crippen molar-refractivity contribution in [2.24, 2.45) is 39.6 Å². The Morgan fingerprint density at radius 2 is 1.45 bits per heavy atom. The predicted octanol–water partition coefficient (Wildman–Crippen LogP) is -0.809. The second-order valence-corrected chi connectivity index (χ2v) is 11.7. The van der Waals surface area contributed by atoms with Crippen LogP contribution >= 0.6 is 0 Å². The molecule has 1 aliphatic rings. The minimum atomic E-state index is -1.10. The number of phenolic OH excluding ortho intramolecular Hbond substituents is 1. The van der Waals surface area contributed by atoms with E-state index in [1.165, 1.54) is 0 Å². The molecule has 1 aliphatic carbocycles. The minimum absolute atomic E-state index is 0.0618. The van der Waals surface area contributed by atoms with Gasteiger partial charge in [0.1, 0.15) is 23.9 Å². The molecule has 0 spiro atoms. The summed E-state index contributed by atoms with van der Waals surface area (Å²) < 4.78 is 0. The monoisotopic (exact) mass is 617 g/mol. The quantitative estimate of drug-likeness (QED) is 0.0565. The molecule has 2 rings (SSSR count). The lowest BCUT2D eigenvalue weighted by Crippen LogP contribution is -2.58. The summed E-state index contributed by atoms with van der Waals surface area (Å²) in [6, 6.07) is -0.791. The first-order valence-corrected chi connectivity index (χ1v) is 15.3. The molecule has 0 radical (unpaired) electrons. The van der Waals surface area contributed by atoms with Crippen molar-refractivity contribution in [2.45, 2.75) is 102 Å². The standard InChI is InChI=1S/C30H51N9O5/c1-17-13-20(40)14-18(2)21(17)16-25(39-27(42)22(32)9-6-12-36-30(34)35)29(44)37-23(10-5-11-31)28(43)38-24(26(33)41)15-19-7-3-4-8-19/h13-14,19,22-25,40H,3-12,15-16,31-32H2,1-2H3,(H2,33,41)(H,37,44)(H,38,43)(H,39,42)(H4,34,35,36)/t22-,23+,24+,25+/m1/s1. The average Bonchev–Trinajstić information content (AvgIpc) is 3.46. The Hall–Kier alpha value is -3.91. The molecule has 1 fully saturated rings. The van der Waals surface area contributed by atoms with Crippen molar-refractivity contribution in [3.8, 4) is 5.75 Å². The molecule has 4 amide bonds. The number of rotatable bonds is 18. The van der Waals surface area contributed by atoms with Gasteiger partial charge in [0, 0.05) is 13.0 Å². The largest absolute Gasteiger partial charge is 0.508 e. The normalized spacial score (nSPS) is 15.9. The highest BCUT2D eigenvalue weighted by atomic mass is 16.3. The van der Waals surface area contributed by atoms with E-state index in [0.717, 1.165) is 42.4 Å². The van der Waals surface area contributed by atoms with Crippen molar-refractivity contribution < 1.29 is 24.3 Å². The first-order valence-electron chi connectivity index (χ1n) is 15.3. The number of nitrogens with one attached hydrogen (secondary N) is 3. The number of nitrogens with two attached hydrogens (primary N) is 5. The maximum Gasteiger partial charge on any atom is 0.243 e. The number of carbonyl (C=O) groups is 4. The number of aryl methyl sites for hydroxylation is 2. The number of hydrogen-bond donors (Lipinski definition) is 9. The molecule has 246 valence electrons. The molecule has 0 unspecified atom stereocenters. The number of carbonyl (C=O) groups excluding carboxylic acids is 4. The zero-order valence-corrected chi connectivity index (χ0v) is 25.9. The van der Waals surface area contributed by atoms with Crippen molar-refractivity contribution in [1.82, 2.24) is 16.0 Å². The zero-order valence-electron chi connectivity index (χ0n) is 25.9. The van der Waals surface area contributed by atoms with Crippen LogP contribution in [-0.2, 0) is 25.6 Å². The van der Waals surface area contributed by atoms with E-state index in [9.17, 15) is 24.3 Å². The fraction of sp³-hybridized carbons (Fsp3) is 0.633. The molecule has 44 heavy (non-hydrogen) atoms. The van der Waals surface area contributed by atoms with Crippen molar-refractivity contribution in [3.05, 3.63) is 28.8 Å². The number of amides is 4. The summed E-state index contributed by atoms with van der Waals surface area (Å²) in [5.41, 5.74) is 30.3. The van der Waals surface area contributed by atoms with Crippen LogP contribution in [-0.4, -0.2) is 72.0 Å². The molecule has 4 atom stereocenters. The van der Waals surface area contributed by atoms with Crippen molar-refractivity contribution in [2.75, 3.05) is 13.1 Å². The van der Waals surface area contributed by atoms with E-state index in [-0.39, 0.29) is 37.5 Å². The SMILES string of the molecule is Cc1cc(O)cc(C)c1C[C@H](NC(=O)[C@H](N)CCCN=C(N)N)C(=O)N[C@@H](CCCN)C(=O)N[C@@H](CC1CCCC1)C(N)=O. The van der Waals surface area contributed by atoms with Crippen LogP contribution in [0.15, 0.2) is 17.1 Å². The Bertz CT molecular complexity index is 1140. The third-order valence-corrected chi connectivity index (χ3v) is 8.06. The Kier molecular flexibility index (Phi) is 14.9. The smallest absolute Gasteiger partial charge is 0.243 e. The van der Waals surface area contributed by atoms with E-state index in [4.69, 9.17) is 28.7 Å². The molecule has 0 saturated heterocycles. The number of benzene rings is 1. The Morgan fingerprint density at radius 1 is 0.886 bits per heavy atom. The number of aromatic hydroxyl groups is 1. The molecule has 14 heteroatoms. The number of primary amides is 1. The van der Waals surface area contributed by atoms with Gasteiger partial charge in [-0.05, 0) is 87.2 Å². The van der Waals surface area contributed by atoms with Gasteiger partial charge in [-0.2, -0.15) is 0 Å².